The van der Waals surface area contributed by atoms with E-state index >= 15 is 0 Å². The number of β-lactam (4-membered cyclic amide) rings is 1. The highest BCUT2D eigenvalue weighted by atomic mass is 16.5. The number of benzene rings is 3. The van der Waals surface area contributed by atoms with Crippen molar-refractivity contribution in [2.75, 3.05) is 0 Å². The maximum atomic E-state index is 13.4. The molecular weight excluding hydrogens is 432 g/mol. The number of imide groups is 1. The molecule has 4 rings (SSSR count). The van der Waals surface area contributed by atoms with Crippen LogP contribution in [0.15, 0.2) is 84.9 Å². The van der Waals surface area contributed by atoms with Crippen LogP contribution in [0, 0.1) is 5.41 Å². The zero-order valence-corrected chi connectivity index (χ0v) is 18.8. The van der Waals surface area contributed by atoms with Gasteiger partial charge in [0.15, 0.2) is 6.23 Å². The van der Waals surface area contributed by atoms with Gasteiger partial charge in [-0.2, -0.15) is 0 Å². The van der Waals surface area contributed by atoms with E-state index in [4.69, 9.17) is 9.84 Å². The van der Waals surface area contributed by atoms with E-state index in [-0.39, 0.29) is 18.0 Å². The molecule has 3 aromatic rings. The number of aromatic carboxylic acids is 1. The molecule has 1 heterocycles. The fourth-order valence-electron chi connectivity index (χ4n) is 4.23. The van der Waals surface area contributed by atoms with Crippen LogP contribution >= 0.6 is 0 Å². The van der Waals surface area contributed by atoms with E-state index in [2.05, 4.69) is 5.32 Å². The van der Waals surface area contributed by atoms with Gasteiger partial charge in [0.25, 0.3) is 0 Å². The van der Waals surface area contributed by atoms with Gasteiger partial charge in [0.05, 0.1) is 5.56 Å². The van der Waals surface area contributed by atoms with Gasteiger partial charge in [-0.15, -0.1) is 0 Å². The van der Waals surface area contributed by atoms with Gasteiger partial charge in [-0.05, 0) is 48.2 Å². The van der Waals surface area contributed by atoms with Gasteiger partial charge in [-0.1, -0.05) is 67.6 Å². The number of hydrogen-bond donors (Lipinski definition) is 2. The van der Waals surface area contributed by atoms with Crippen LogP contribution < -0.4 is 10.1 Å². The molecular formula is C27H26N2O5. The molecule has 0 aromatic heterocycles. The van der Waals surface area contributed by atoms with Crippen molar-refractivity contribution in [3.63, 3.8) is 0 Å². The molecule has 3 aromatic carbocycles. The van der Waals surface area contributed by atoms with Gasteiger partial charge in [0.1, 0.15) is 11.2 Å². The molecule has 2 N–H and O–H groups in total. The highest BCUT2D eigenvalue weighted by Gasteiger charge is 2.63. The summed E-state index contributed by atoms with van der Waals surface area (Å²) in [4.78, 5) is 38.8. The van der Waals surface area contributed by atoms with Crippen LogP contribution in [0.4, 0.5) is 4.79 Å². The van der Waals surface area contributed by atoms with Gasteiger partial charge in [-0.25, -0.2) is 14.5 Å². The average molecular weight is 459 g/mol. The van der Waals surface area contributed by atoms with Crippen LogP contribution in [0.25, 0.3) is 0 Å². The fraction of sp³-hybridized carbons (Fsp3) is 0.222. The standard InChI is InChI=1S/C27H26N2O5/c1-2-27(17-19-9-5-3-6-10-19)24(32)29(26(33)28-18-20-11-7-4-8-12-20)25(27)34-22-15-13-21(14-16-22)23(30)31/h3-16,25H,2,17-18H2,1H3,(H,28,33)(H,30,31)/t25-,27+/m0/s1. The third-order valence-electron chi connectivity index (χ3n) is 6.20. The van der Waals surface area contributed by atoms with Crippen LogP contribution in [0.3, 0.4) is 0 Å². The Bertz CT molecular complexity index is 1160. The van der Waals surface area contributed by atoms with E-state index in [1.807, 2.05) is 67.6 Å². The lowest BCUT2D eigenvalue weighted by Crippen LogP contribution is -2.74. The minimum absolute atomic E-state index is 0.125. The largest absolute Gasteiger partial charge is 0.478 e. The summed E-state index contributed by atoms with van der Waals surface area (Å²) in [5.41, 5.74) is 1.09. The van der Waals surface area contributed by atoms with Crippen LogP contribution in [-0.2, 0) is 17.8 Å². The summed E-state index contributed by atoms with van der Waals surface area (Å²) in [5.74, 6) is -0.954. The molecule has 0 unspecified atom stereocenters. The Kier molecular flexibility index (Phi) is 6.63. The van der Waals surface area contributed by atoms with Crippen molar-refractivity contribution in [3.8, 4) is 5.75 Å². The van der Waals surface area contributed by atoms with Crippen molar-refractivity contribution in [2.45, 2.75) is 32.5 Å². The van der Waals surface area contributed by atoms with E-state index in [0.717, 1.165) is 16.0 Å². The number of carbonyl (C=O) groups excluding carboxylic acids is 2. The lowest BCUT2D eigenvalue weighted by Gasteiger charge is -2.53. The predicted molar refractivity (Wildman–Crippen MR) is 126 cm³/mol. The molecule has 1 aliphatic heterocycles. The van der Waals surface area contributed by atoms with Crippen LogP contribution in [0.5, 0.6) is 5.75 Å². The Hall–Kier alpha value is -4.13. The summed E-state index contributed by atoms with van der Waals surface area (Å²) in [5, 5.41) is 12.0. The van der Waals surface area contributed by atoms with E-state index < -0.39 is 23.6 Å². The van der Waals surface area contributed by atoms with Crippen LogP contribution in [0.1, 0.15) is 34.8 Å². The minimum Gasteiger partial charge on any atom is -0.478 e. The summed E-state index contributed by atoms with van der Waals surface area (Å²) < 4.78 is 6.17. The van der Waals surface area contributed by atoms with Crippen molar-refractivity contribution in [3.05, 3.63) is 102 Å². The van der Waals surface area contributed by atoms with Crippen LogP contribution in [-0.4, -0.2) is 34.1 Å². The monoisotopic (exact) mass is 458 g/mol. The summed E-state index contributed by atoms with van der Waals surface area (Å²) in [6, 6.07) is 24.5. The van der Waals surface area contributed by atoms with E-state index in [0.29, 0.717) is 18.6 Å². The number of carbonyl (C=O) groups is 3. The zero-order chi connectivity index (χ0) is 24.1. The molecule has 1 fully saturated rings. The fourth-order valence-corrected chi connectivity index (χ4v) is 4.23. The number of ether oxygens (including phenoxy) is 1. The molecule has 174 valence electrons. The van der Waals surface area contributed by atoms with Gasteiger partial charge >= 0.3 is 12.0 Å². The maximum absolute atomic E-state index is 13.4. The molecule has 0 saturated carbocycles. The average Bonchev–Trinajstić information content (AvgIpc) is 2.87. The zero-order valence-electron chi connectivity index (χ0n) is 18.8. The number of nitrogens with one attached hydrogen (secondary N) is 1. The summed E-state index contributed by atoms with van der Waals surface area (Å²) in [6.45, 7) is 2.19. The first kappa shape index (κ1) is 23.0. The molecule has 7 heteroatoms. The second kappa shape index (κ2) is 9.79. The van der Waals surface area contributed by atoms with E-state index in [9.17, 15) is 14.4 Å². The topological polar surface area (TPSA) is 95.9 Å². The number of carboxylic acids is 1. The molecule has 1 saturated heterocycles. The molecule has 0 spiro atoms. The molecule has 2 atom stereocenters. The number of carboxylic acid groups (broad SMARTS) is 1. The number of urea groups is 1. The van der Waals surface area contributed by atoms with E-state index in [1.54, 1.807) is 0 Å². The Morgan fingerprint density at radius 2 is 1.53 bits per heavy atom. The molecule has 3 amide bonds. The first-order valence-corrected chi connectivity index (χ1v) is 11.1. The minimum atomic E-state index is -1.04. The lowest BCUT2D eigenvalue weighted by atomic mass is 9.69. The van der Waals surface area contributed by atoms with Crippen molar-refractivity contribution >= 4 is 17.9 Å². The van der Waals surface area contributed by atoms with Crippen LogP contribution in [0.2, 0.25) is 0 Å². The smallest absolute Gasteiger partial charge is 0.335 e. The second-order valence-corrected chi connectivity index (χ2v) is 8.29. The lowest BCUT2D eigenvalue weighted by molar-refractivity contribution is -0.190. The highest BCUT2D eigenvalue weighted by molar-refractivity contribution is 6.03. The third-order valence-corrected chi connectivity index (χ3v) is 6.20. The normalized spacial score (nSPS) is 19.3. The van der Waals surface area contributed by atoms with Crippen molar-refractivity contribution in [1.29, 1.82) is 0 Å². The number of hydrogen-bond acceptors (Lipinski definition) is 4. The second-order valence-electron chi connectivity index (χ2n) is 8.29. The third kappa shape index (κ3) is 4.50. The van der Waals surface area contributed by atoms with Crippen molar-refractivity contribution in [2.24, 2.45) is 5.41 Å². The van der Waals surface area contributed by atoms with Crippen molar-refractivity contribution in [1.82, 2.24) is 10.2 Å². The van der Waals surface area contributed by atoms with Gasteiger partial charge < -0.3 is 15.2 Å². The number of amides is 3. The van der Waals surface area contributed by atoms with Gasteiger partial charge in [0.2, 0.25) is 5.91 Å². The Balaban J connectivity index is 1.59. The first-order chi connectivity index (χ1) is 16.4. The summed E-state index contributed by atoms with van der Waals surface area (Å²) >= 11 is 0. The molecule has 1 aliphatic rings. The summed E-state index contributed by atoms with van der Waals surface area (Å²) in [7, 11) is 0. The first-order valence-electron chi connectivity index (χ1n) is 11.1. The predicted octanol–water partition coefficient (Wildman–Crippen LogP) is 4.48. The maximum Gasteiger partial charge on any atom is 0.335 e. The molecule has 0 radical (unpaired) electrons. The molecule has 34 heavy (non-hydrogen) atoms. The highest BCUT2D eigenvalue weighted by Crippen LogP contribution is 2.46. The summed E-state index contributed by atoms with van der Waals surface area (Å²) in [6.07, 6.45) is 0.0570. The molecule has 0 aliphatic carbocycles. The van der Waals surface area contributed by atoms with Crippen molar-refractivity contribution < 1.29 is 24.2 Å². The quantitative estimate of drug-likeness (QED) is 0.485. The Labute approximate surface area is 198 Å². The Morgan fingerprint density at radius 1 is 0.941 bits per heavy atom. The number of likely N-dealkylation sites (tertiary alicyclic amines) is 1. The van der Waals surface area contributed by atoms with E-state index in [1.165, 1.54) is 24.3 Å². The van der Waals surface area contributed by atoms with Gasteiger partial charge in [0, 0.05) is 6.54 Å². The molecule has 0 bridgehead atoms. The number of nitrogens with zero attached hydrogens (tertiary/aromatic N) is 1. The Morgan fingerprint density at radius 3 is 2.09 bits per heavy atom. The van der Waals surface area contributed by atoms with Gasteiger partial charge in [-0.3, -0.25) is 4.79 Å². The number of rotatable bonds is 8. The molecule has 7 nitrogen and oxygen atoms in total. The SMILES string of the molecule is CC[C@@]1(Cc2ccccc2)C(=O)N(C(=O)NCc2ccccc2)[C@H]1Oc1ccc(C(=O)O)cc1.